The smallest absolute Gasteiger partial charge is 0.135 e. The maximum absolute atomic E-state index is 6.76. The number of pyridine rings is 1. The van der Waals surface area contributed by atoms with Gasteiger partial charge in [0.1, 0.15) is 5.82 Å². The van der Waals surface area contributed by atoms with Crippen molar-refractivity contribution in [1.29, 1.82) is 0 Å². The molecule has 0 N–H and O–H groups in total. The molecular formula is C65H49N4OPt-3. The van der Waals surface area contributed by atoms with Crippen molar-refractivity contribution in [1.82, 2.24) is 9.55 Å². The molecule has 5 nitrogen and oxygen atoms in total. The number of hydrogen-bond donors (Lipinski definition) is 0. The van der Waals surface area contributed by atoms with E-state index in [2.05, 4.69) is 255 Å². The minimum atomic E-state index is 0. The maximum atomic E-state index is 6.76. The Labute approximate surface area is 430 Å². The number of aromatic nitrogens is 2. The first kappa shape index (κ1) is 45.5. The number of benzene rings is 9. The van der Waals surface area contributed by atoms with Gasteiger partial charge in [-0.05, 0) is 80.9 Å². The summed E-state index contributed by atoms with van der Waals surface area (Å²) in [6, 6.07) is 82.2. The van der Waals surface area contributed by atoms with Crippen molar-refractivity contribution in [3.63, 3.8) is 0 Å². The summed E-state index contributed by atoms with van der Waals surface area (Å²) < 4.78 is 8.97. The second-order valence-corrected chi connectivity index (χ2v) is 19.0. The van der Waals surface area contributed by atoms with Gasteiger partial charge < -0.3 is 19.1 Å². The van der Waals surface area contributed by atoms with Crippen LogP contribution in [0.1, 0.15) is 31.9 Å². The fourth-order valence-corrected chi connectivity index (χ4v) is 9.89. The Morgan fingerprint density at radius 2 is 1.07 bits per heavy atom. The third-order valence-electron chi connectivity index (χ3n) is 13.5. The topological polar surface area (TPSA) is 33.5 Å². The summed E-state index contributed by atoms with van der Waals surface area (Å²) in [5.74, 6) is 1.98. The first-order chi connectivity index (χ1) is 34.2. The molecule has 1 aliphatic rings. The van der Waals surface area contributed by atoms with Gasteiger partial charge in [-0.2, -0.15) is 12.1 Å². The number of rotatable bonds is 9. The summed E-state index contributed by atoms with van der Waals surface area (Å²) in [7, 11) is 0. The predicted octanol–water partition coefficient (Wildman–Crippen LogP) is 17.3. The molecule has 0 bridgehead atoms. The molecule has 0 radical (unpaired) electrons. The number of para-hydroxylation sites is 3. The number of hydrogen-bond acceptors (Lipinski definition) is 4. The molecular weight excluding hydrogens is 1050 g/mol. The van der Waals surface area contributed by atoms with Crippen LogP contribution in [0.3, 0.4) is 0 Å². The SMILES string of the molecule is Cc1cc(-n2c3[c-]c(Oc4[c-]c(N5[CH-]N(c6c(-c7ccccc7)cccc6-c6ccccc6)c6ccccc65)ccc4)ccc3c3cc(-c4ccccc4)ccc32)ncc1-c1ccc(C(C)(C)C)cc1.[Pt]. The summed E-state index contributed by atoms with van der Waals surface area (Å²) in [6.45, 7) is 11.1. The Morgan fingerprint density at radius 3 is 1.72 bits per heavy atom. The van der Waals surface area contributed by atoms with Crippen LogP contribution in [0.25, 0.3) is 72.1 Å². The molecule has 0 amide bonds. The van der Waals surface area contributed by atoms with Crippen molar-refractivity contribution in [2.45, 2.75) is 33.1 Å². The summed E-state index contributed by atoms with van der Waals surface area (Å²) in [6.07, 6.45) is 2.00. The van der Waals surface area contributed by atoms with E-state index in [-0.39, 0.29) is 26.5 Å². The number of anilines is 4. The molecule has 1 aliphatic heterocycles. The van der Waals surface area contributed by atoms with E-state index in [4.69, 9.17) is 9.72 Å². The van der Waals surface area contributed by atoms with Gasteiger partial charge >= 0.3 is 0 Å². The van der Waals surface area contributed by atoms with Gasteiger partial charge in [-0.25, -0.2) is 4.98 Å². The number of aryl methyl sites for hydroxylation is 1. The van der Waals surface area contributed by atoms with E-state index in [9.17, 15) is 0 Å². The molecule has 0 aliphatic carbocycles. The van der Waals surface area contributed by atoms with E-state index in [1.165, 1.54) is 11.1 Å². The zero-order valence-corrected chi connectivity index (χ0v) is 42.1. The molecule has 11 aromatic rings. The molecule has 0 spiro atoms. The van der Waals surface area contributed by atoms with Crippen LogP contribution in [-0.4, -0.2) is 9.55 Å². The molecule has 9 aromatic carbocycles. The monoisotopic (exact) mass is 1100 g/mol. The summed E-state index contributed by atoms with van der Waals surface area (Å²) >= 11 is 0. The van der Waals surface area contributed by atoms with Crippen molar-refractivity contribution in [3.05, 3.63) is 248 Å². The van der Waals surface area contributed by atoms with Crippen LogP contribution in [0, 0.1) is 25.7 Å². The van der Waals surface area contributed by atoms with E-state index < -0.39 is 0 Å². The van der Waals surface area contributed by atoms with Crippen LogP contribution in [-0.2, 0) is 26.5 Å². The summed E-state index contributed by atoms with van der Waals surface area (Å²) in [5, 5.41) is 2.18. The first-order valence-corrected chi connectivity index (χ1v) is 23.9. The molecule has 2 aromatic heterocycles. The van der Waals surface area contributed by atoms with Crippen LogP contribution < -0.4 is 14.5 Å². The van der Waals surface area contributed by atoms with Gasteiger partial charge in [0.15, 0.2) is 0 Å². The second kappa shape index (κ2) is 18.7. The third-order valence-corrected chi connectivity index (χ3v) is 13.5. The average molecular weight is 1100 g/mol. The molecule has 12 rings (SSSR count). The van der Waals surface area contributed by atoms with Gasteiger partial charge in [0.2, 0.25) is 0 Å². The molecule has 0 saturated heterocycles. The van der Waals surface area contributed by atoms with Gasteiger partial charge in [0, 0.05) is 78.0 Å². The van der Waals surface area contributed by atoms with Gasteiger partial charge in [-0.3, -0.25) is 0 Å². The van der Waals surface area contributed by atoms with Crippen molar-refractivity contribution >= 4 is 44.6 Å². The Bertz CT molecular complexity index is 3650. The Hall–Kier alpha value is -7.98. The standard InChI is InChI=1S/C65H49N4O.Pt/c1-44-38-63(66-42-58(44)48-30-33-50(34-31-48)65(2,3)4)69-59-37-32-49(45-18-8-5-9-19-45)39-57(59)56-36-35-53(41-62(56)69)70-52-25-16-24-51(40-52)67-43-68(61-29-15-14-28-60(61)67)64-54(46-20-10-6-11-21-46)26-17-27-55(64)47-22-12-7-13-23-47;/h5-39,42-43H,1-4H3;/q-3;. The first-order valence-electron chi connectivity index (χ1n) is 23.9. The van der Waals surface area contributed by atoms with Gasteiger partial charge in [0.05, 0.1) is 0 Å². The summed E-state index contributed by atoms with van der Waals surface area (Å²) in [5.41, 5.74) is 17.7. The number of fused-ring (bicyclic) bond motifs is 4. The van der Waals surface area contributed by atoms with Crippen molar-refractivity contribution in [3.8, 4) is 61.8 Å². The number of nitrogens with zero attached hydrogens (tertiary/aromatic N) is 4. The normalized spacial score (nSPS) is 12.3. The molecule has 71 heavy (non-hydrogen) atoms. The molecule has 6 heteroatoms. The molecule has 3 heterocycles. The fraction of sp³-hybridized carbons (Fsp3) is 0.0769. The van der Waals surface area contributed by atoms with Crippen LogP contribution in [0.5, 0.6) is 11.5 Å². The number of ether oxygens (including phenoxy) is 1. The zero-order valence-electron chi connectivity index (χ0n) is 39.9. The summed E-state index contributed by atoms with van der Waals surface area (Å²) in [4.78, 5) is 9.67. The minimum Gasteiger partial charge on any atom is -0.509 e. The van der Waals surface area contributed by atoms with Crippen LogP contribution in [0.2, 0.25) is 0 Å². The van der Waals surface area contributed by atoms with Gasteiger partial charge in [0.25, 0.3) is 0 Å². The Kier molecular flexibility index (Phi) is 12.0. The predicted molar refractivity (Wildman–Crippen MR) is 289 cm³/mol. The Balaban J connectivity index is 0.00000547. The zero-order chi connectivity index (χ0) is 47.3. The third kappa shape index (κ3) is 8.51. The van der Waals surface area contributed by atoms with Crippen LogP contribution >= 0.6 is 0 Å². The fourth-order valence-electron chi connectivity index (χ4n) is 9.89. The van der Waals surface area contributed by atoms with Gasteiger partial charge in [-0.1, -0.05) is 184 Å². The molecule has 348 valence electrons. The molecule has 0 unspecified atom stereocenters. The van der Waals surface area contributed by atoms with Crippen LogP contribution in [0.15, 0.2) is 219 Å². The van der Waals surface area contributed by atoms with E-state index in [0.717, 1.165) is 94.9 Å². The van der Waals surface area contributed by atoms with Gasteiger partial charge in [-0.15, -0.1) is 48.1 Å². The average Bonchev–Trinajstić information content (AvgIpc) is 3.95. The Morgan fingerprint density at radius 1 is 0.493 bits per heavy atom. The molecule has 0 saturated carbocycles. The molecule has 0 fully saturated rings. The minimum absolute atomic E-state index is 0. The van der Waals surface area contributed by atoms with Crippen molar-refractivity contribution in [2.24, 2.45) is 0 Å². The quantitative estimate of drug-likeness (QED) is 0.135. The largest absolute Gasteiger partial charge is 0.509 e. The molecule has 0 atom stereocenters. The van der Waals surface area contributed by atoms with Crippen molar-refractivity contribution in [2.75, 3.05) is 9.80 Å². The van der Waals surface area contributed by atoms with E-state index in [1.54, 1.807) is 0 Å². The van der Waals surface area contributed by atoms with E-state index in [0.29, 0.717) is 11.5 Å². The second-order valence-electron chi connectivity index (χ2n) is 19.0. The van der Waals surface area contributed by atoms with E-state index in [1.807, 2.05) is 24.4 Å². The maximum Gasteiger partial charge on any atom is 0.135 e. The van der Waals surface area contributed by atoms with E-state index >= 15 is 0 Å². The van der Waals surface area contributed by atoms with Crippen molar-refractivity contribution < 1.29 is 25.8 Å². The van der Waals surface area contributed by atoms with Crippen LogP contribution in [0.4, 0.5) is 22.7 Å².